The average molecular weight is 568 g/mol. The van der Waals surface area contributed by atoms with E-state index in [1.807, 2.05) is 42.5 Å². The first-order valence-electron chi connectivity index (χ1n) is 13.6. The van der Waals surface area contributed by atoms with Gasteiger partial charge < -0.3 is 33.6 Å². The molecule has 0 radical (unpaired) electrons. The number of piperidine rings is 1. The van der Waals surface area contributed by atoms with E-state index in [1.165, 1.54) is 7.11 Å². The summed E-state index contributed by atoms with van der Waals surface area (Å²) in [6.07, 6.45) is 4.57. The van der Waals surface area contributed by atoms with E-state index in [0.29, 0.717) is 53.1 Å². The van der Waals surface area contributed by atoms with Gasteiger partial charge in [-0.05, 0) is 41.7 Å². The Morgan fingerprint density at radius 2 is 1.81 bits per heavy atom. The Labute approximate surface area is 241 Å². The fraction of sp³-hybridized carbons (Fsp3) is 0.281. The van der Waals surface area contributed by atoms with E-state index in [9.17, 15) is 9.59 Å². The van der Waals surface area contributed by atoms with Gasteiger partial charge in [0.15, 0.2) is 11.5 Å². The zero-order chi connectivity index (χ0) is 29.2. The second-order valence-corrected chi connectivity index (χ2v) is 10.6. The first kappa shape index (κ1) is 25.9. The van der Waals surface area contributed by atoms with Crippen LogP contribution in [0.25, 0.3) is 10.9 Å². The van der Waals surface area contributed by atoms with Gasteiger partial charge in [0.25, 0.3) is 5.91 Å². The second kappa shape index (κ2) is 9.54. The number of hydrogen-bond acceptors (Lipinski definition) is 8. The number of methoxy groups -OCH3 is 4. The van der Waals surface area contributed by atoms with Crippen LogP contribution in [0.2, 0.25) is 0 Å². The minimum absolute atomic E-state index is 0.178. The van der Waals surface area contributed by atoms with E-state index in [1.54, 1.807) is 38.4 Å². The topological polar surface area (TPSA) is 112 Å². The van der Waals surface area contributed by atoms with Gasteiger partial charge in [0.2, 0.25) is 5.75 Å². The molecule has 1 aromatic heterocycles. The van der Waals surface area contributed by atoms with Crippen molar-refractivity contribution >= 4 is 28.5 Å². The molecule has 2 fully saturated rings. The molecule has 42 heavy (non-hydrogen) atoms. The molecule has 1 spiro atoms. The van der Waals surface area contributed by atoms with Gasteiger partial charge >= 0.3 is 5.97 Å². The molecule has 10 nitrogen and oxygen atoms in total. The quantitative estimate of drug-likeness (QED) is 0.398. The van der Waals surface area contributed by atoms with Crippen molar-refractivity contribution in [2.45, 2.75) is 13.0 Å². The highest BCUT2D eigenvalue weighted by molar-refractivity contribution is 6.42. The van der Waals surface area contributed by atoms with Crippen LogP contribution in [0.4, 0.5) is 0 Å². The minimum Gasteiger partial charge on any atom is -0.493 e. The summed E-state index contributed by atoms with van der Waals surface area (Å²) < 4.78 is 27.9. The van der Waals surface area contributed by atoms with Crippen molar-refractivity contribution in [3.8, 4) is 17.2 Å². The minimum atomic E-state index is -0.509. The maximum atomic E-state index is 14.1. The van der Waals surface area contributed by atoms with Crippen molar-refractivity contribution in [1.29, 1.82) is 0 Å². The van der Waals surface area contributed by atoms with Crippen LogP contribution in [-0.2, 0) is 20.9 Å². The summed E-state index contributed by atoms with van der Waals surface area (Å²) in [5.41, 5.74) is 4.24. The molecule has 0 bridgehead atoms. The number of allylic oxidation sites excluding steroid dienone is 3. The van der Waals surface area contributed by atoms with Crippen LogP contribution in [0, 0.1) is 11.3 Å². The van der Waals surface area contributed by atoms with Crippen molar-refractivity contribution in [3.05, 3.63) is 88.6 Å². The van der Waals surface area contributed by atoms with Crippen LogP contribution in [0.15, 0.2) is 82.3 Å². The molecule has 1 saturated heterocycles. The number of likely N-dealkylation sites (tertiary alicyclic amines) is 1. The van der Waals surface area contributed by atoms with E-state index in [2.05, 4.69) is 9.98 Å². The number of rotatable bonds is 8. The molecule has 10 heteroatoms. The molecule has 2 atom stereocenters. The fourth-order valence-electron chi connectivity index (χ4n) is 6.49. The van der Waals surface area contributed by atoms with E-state index in [0.717, 1.165) is 28.6 Å². The van der Waals surface area contributed by atoms with E-state index < -0.39 is 11.4 Å². The van der Waals surface area contributed by atoms with Crippen molar-refractivity contribution in [1.82, 2.24) is 9.88 Å². The Morgan fingerprint density at radius 3 is 2.52 bits per heavy atom. The zero-order valence-corrected chi connectivity index (χ0v) is 23.6. The van der Waals surface area contributed by atoms with Crippen molar-refractivity contribution in [2.24, 2.45) is 16.3 Å². The second-order valence-electron chi connectivity index (χ2n) is 10.6. The number of esters is 1. The number of aromatic amines is 1. The molecule has 214 valence electrons. The number of H-pyrrole nitrogens is 1. The summed E-state index contributed by atoms with van der Waals surface area (Å²) in [6.45, 7) is 0.851. The van der Waals surface area contributed by atoms with E-state index in [-0.39, 0.29) is 17.5 Å². The molecule has 3 aromatic rings. The highest BCUT2D eigenvalue weighted by Gasteiger charge is 2.68. The number of fused-ring (bicyclic) bond motifs is 2. The molecule has 7 rings (SSSR count). The Hall–Kier alpha value is -4.99. The smallest absolute Gasteiger partial charge is 0.356 e. The highest BCUT2D eigenvalue weighted by Crippen LogP contribution is 2.71. The van der Waals surface area contributed by atoms with Crippen molar-refractivity contribution < 1.29 is 33.3 Å². The van der Waals surface area contributed by atoms with Gasteiger partial charge in [-0.2, -0.15) is 0 Å². The molecule has 2 aliphatic carbocycles. The van der Waals surface area contributed by atoms with Gasteiger partial charge in [-0.3, -0.25) is 4.79 Å². The van der Waals surface area contributed by atoms with E-state index in [4.69, 9.17) is 23.7 Å². The number of amides is 1. The predicted molar refractivity (Wildman–Crippen MR) is 153 cm³/mol. The maximum absolute atomic E-state index is 14.1. The fourth-order valence-corrected chi connectivity index (χ4v) is 6.49. The lowest BCUT2D eigenvalue weighted by Gasteiger charge is -2.30. The number of aliphatic imine (C=N–C) groups is 1. The Kier molecular flexibility index (Phi) is 5.89. The summed E-state index contributed by atoms with van der Waals surface area (Å²) in [5.74, 6) is 1.43. The molecule has 3 heterocycles. The first-order chi connectivity index (χ1) is 20.4. The van der Waals surface area contributed by atoms with E-state index >= 15 is 0 Å². The number of nitrogens with zero attached hydrogens (tertiary/aromatic N) is 2. The van der Waals surface area contributed by atoms with Crippen LogP contribution < -0.4 is 14.2 Å². The Morgan fingerprint density at radius 1 is 1.02 bits per heavy atom. The normalized spacial score (nSPS) is 21.6. The zero-order valence-electron chi connectivity index (χ0n) is 23.6. The van der Waals surface area contributed by atoms with Gasteiger partial charge in [-0.1, -0.05) is 30.3 Å². The van der Waals surface area contributed by atoms with Crippen LogP contribution >= 0.6 is 0 Å². The molecule has 4 aliphatic rings. The Bertz CT molecular complexity index is 1780. The summed E-state index contributed by atoms with van der Waals surface area (Å²) in [6, 6.07) is 13.4. The highest BCUT2D eigenvalue weighted by atomic mass is 16.5. The van der Waals surface area contributed by atoms with Gasteiger partial charge in [-0.25, -0.2) is 9.79 Å². The largest absolute Gasteiger partial charge is 0.493 e. The molecule has 2 aromatic carbocycles. The van der Waals surface area contributed by atoms with Gasteiger partial charge in [0, 0.05) is 29.1 Å². The molecule has 2 aliphatic heterocycles. The SMILES string of the molecule is COC(=O)C1=NC2=C(OCc3ccccc3)C=C3N(C(=O)c4cc5cc(OC)c(OC)c(OC)c5[nH]4)CC4C[C@@]34C2=C1. The lowest BCUT2D eigenvalue weighted by Crippen LogP contribution is -2.32. The predicted octanol–water partition coefficient (Wildman–Crippen LogP) is 4.54. The molecule has 1 N–H and O–H groups in total. The van der Waals surface area contributed by atoms with Crippen molar-refractivity contribution in [2.75, 3.05) is 35.0 Å². The Balaban J connectivity index is 1.28. The van der Waals surface area contributed by atoms with Gasteiger partial charge in [0.1, 0.15) is 29.5 Å². The average Bonchev–Trinajstić information content (AvgIpc) is 3.34. The standard InChI is InChI=1S/C32H29N3O7/c1-38-24-11-18-10-21(33-26(18)29(40-3)28(24)39-2)30(36)35-15-19-14-32(19)20-12-22(31(37)41-4)34-27(20)23(13-25(32)35)42-16-17-8-6-5-7-9-17/h5-13,19,33H,14-16H2,1-4H3/t19?,32-/m1/s1. The summed E-state index contributed by atoms with van der Waals surface area (Å²) in [7, 11) is 5.98. The lowest BCUT2D eigenvalue weighted by molar-refractivity contribution is -0.132. The van der Waals surface area contributed by atoms with Crippen LogP contribution in [0.3, 0.4) is 0 Å². The van der Waals surface area contributed by atoms with Crippen LogP contribution in [0.5, 0.6) is 17.2 Å². The first-order valence-corrected chi connectivity index (χ1v) is 13.6. The third kappa shape index (κ3) is 3.67. The molecular formula is C32H29N3O7. The molecule has 1 amide bonds. The van der Waals surface area contributed by atoms with Crippen LogP contribution in [-0.4, -0.2) is 62.5 Å². The van der Waals surface area contributed by atoms with Crippen LogP contribution in [0.1, 0.15) is 22.5 Å². The number of nitrogens with one attached hydrogen (secondary N) is 1. The van der Waals surface area contributed by atoms with Gasteiger partial charge in [-0.15, -0.1) is 0 Å². The number of hydrogen-bond donors (Lipinski definition) is 1. The maximum Gasteiger partial charge on any atom is 0.356 e. The number of ether oxygens (including phenoxy) is 5. The van der Waals surface area contributed by atoms with Gasteiger partial charge in [0.05, 0.1) is 34.0 Å². The molecule has 1 saturated carbocycles. The number of benzene rings is 2. The molecular weight excluding hydrogens is 538 g/mol. The lowest BCUT2D eigenvalue weighted by atomic mass is 9.84. The number of carbonyl (C=O) groups excluding carboxylic acids is 2. The third-order valence-electron chi connectivity index (χ3n) is 8.53. The van der Waals surface area contributed by atoms with Crippen molar-refractivity contribution in [3.63, 3.8) is 0 Å². The number of aromatic nitrogens is 1. The monoisotopic (exact) mass is 567 g/mol. The number of carbonyl (C=O) groups is 2. The summed E-state index contributed by atoms with van der Waals surface area (Å²) >= 11 is 0. The molecule has 1 unspecified atom stereocenters. The summed E-state index contributed by atoms with van der Waals surface area (Å²) in [5, 5.41) is 0.758. The summed E-state index contributed by atoms with van der Waals surface area (Å²) in [4.78, 5) is 36.3. The third-order valence-corrected chi connectivity index (χ3v) is 8.53.